The van der Waals surface area contributed by atoms with Crippen molar-refractivity contribution >= 4 is 39.0 Å². The Balaban J connectivity index is 0.000000353. The van der Waals surface area contributed by atoms with Crippen LogP contribution in [-0.4, -0.2) is 5.84 Å². The van der Waals surface area contributed by atoms with Crippen LogP contribution in [0.1, 0.15) is 5.56 Å². The van der Waals surface area contributed by atoms with E-state index in [9.17, 15) is 0 Å². The summed E-state index contributed by atoms with van der Waals surface area (Å²) in [6, 6.07) is 100. The van der Waals surface area contributed by atoms with E-state index >= 15 is 0 Å². The minimum absolute atomic E-state index is 0. The molecule has 0 saturated carbocycles. The third kappa shape index (κ3) is 9.59. The smallest absolute Gasteiger partial charge is 0.129 e. The Morgan fingerprint density at radius 3 is 0.986 bits per heavy atom. The minimum Gasteiger partial charge on any atom is -0.657 e. The molecule has 1 aromatic heterocycles. The minimum atomic E-state index is 0. The van der Waals surface area contributed by atoms with Crippen molar-refractivity contribution in [1.29, 1.82) is 0 Å². The van der Waals surface area contributed by atoms with Gasteiger partial charge in [-0.2, -0.15) is 5.10 Å². The number of amidine groups is 1. The first-order chi connectivity index (χ1) is 35.7. The molecule has 1 radical (unpaired) electrons. The Morgan fingerprint density at radius 2 is 0.603 bits per heavy atom. The van der Waals surface area contributed by atoms with E-state index in [1.54, 1.807) is 0 Å². The quantitative estimate of drug-likeness (QED) is 0.107. The third-order valence-electron chi connectivity index (χ3n) is 13.3. The van der Waals surface area contributed by atoms with Gasteiger partial charge in [-0.15, -0.1) is 17.7 Å². The van der Waals surface area contributed by atoms with E-state index < -0.39 is 0 Å². The van der Waals surface area contributed by atoms with Gasteiger partial charge in [-0.3, -0.25) is 0 Å². The first-order valence-electron chi connectivity index (χ1n) is 24.4. The van der Waals surface area contributed by atoms with Gasteiger partial charge in [0.25, 0.3) is 0 Å². The molecule has 0 atom stereocenters. The summed E-state index contributed by atoms with van der Waals surface area (Å²) in [7, 11) is 0. The fourth-order valence-electron chi connectivity index (χ4n) is 9.88. The summed E-state index contributed by atoms with van der Waals surface area (Å²) in [4.78, 5) is 6.83. The van der Waals surface area contributed by atoms with Gasteiger partial charge in [0.1, 0.15) is 5.84 Å². The normalized spacial score (nSPS) is 12.0. The van der Waals surface area contributed by atoms with Gasteiger partial charge in [-0.25, -0.2) is 0 Å². The molecular weight excluding hydrogens is 1070 g/mol. The Morgan fingerprint density at radius 1 is 0.288 bits per heavy atom. The van der Waals surface area contributed by atoms with Gasteiger partial charge in [0.2, 0.25) is 0 Å². The number of hydrazone groups is 1. The van der Waals surface area contributed by atoms with Crippen LogP contribution in [0.4, 0.5) is 11.4 Å². The molecular formula is C68H48AuN4-2. The van der Waals surface area contributed by atoms with Crippen molar-refractivity contribution in [3.05, 3.63) is 297 Å². The summed E-state index contributed by atoms with van der Waals surface area (Å²) in [5.41, 5.74) is 18.7. The fraction of sp³-hybridized carbons (Fsp3) is 0. The Kier molecular flexibility index (Phi) is 13.6. The van der Waals surface area contributed by atoms with Crippen molar-refractivity contribution in [2.24, 2.45) is 5.10 Å². The molecule has 0 amide bonds. The van der Waals surface area contributed by atoms with Gasteiger partial charge in [0.15, 0.2) is 0 Å². The molecule has 11 aromatic carbocycles. The zero-order chi connectivity index (χ0) is 48.1. The number of hydrogen-bond acceptors (Lipinski definition) is 3. The van der Waals surface area contributed by atoms with Crippen LogP contribution in [-0.2, 0) is 22.4 Å². The van der Waals surface area contributed by atoms with Crippen LogP contribution in [0.2, 0.25) is 0 Å². The van der Waals surface area contributed by atoms with Gasteiger partial charge in [-0.05, 0) is 73.5 Å². The van der Waals surface area contributed by atoms with E-state index in [2.05, 4.69) is 295 Å². The molecule has 0 bridgehead atoms. The van der Waals surface area contributed by atoms with Crippen LogP contribution in [0, 0.1) is 6.67 Å². The molecule has 5 heteroatoms. The summed E-state index contributed by atoms with van der Waals surface area (Å²) in [6.07, 6.45) is 0. The number of aromatic nitrogens is 1. The SMILES string of the molecule is [Au].c1ccc(-c2cc(C3=NN(c4c(-c5ccccc5)cccc4-c4ccccc4)[CH-]N3c3c(-c4ccccc4)cccc3-c3ccccc3)cc(-c3ccccc3)c2)cc1.c1ccc2c(c1)[n-]c1ccccc12. The topological polar surface area (TPSA) is 32.9 Å². The number of nitrogens with zero attached hydrogens (tertiary/aromatic N) is 4. The number of rotatable bonds is 9. The van der Waals surface area contributed by atoms with Crippen LogP contribution in [0.25, 0.3) is 88.6 Å². The number of hydrogen-bond donors (Lipinski definition) is 0. The van der Waals surface area contributed by atoms with E-state index in [0.29, 0.717) is 0 Å². The molecule has 0 spiro atoms. The second-order valence-electron chi connectivity index (χ2n) is 17.8. The molecule has 0 fully saturated rings. The molecule has 2 heterocycles. The molecule has 0 N–H and O–H groups in total. The standard InChI is InChI=1S/C56H40N3.C12H8N.Au/c1-7-21-41(22-8-1)47-37-48(42-23-9-2-10-24-42)39-49(38-47)56-57-59(55-52(45-29-15-5-16-30-45)35-20-36-53(55)46-31-17-6-18-32-46)40-58(56)54-50(43-25-11-3-12-26-43)33-19-34-51(54)44-27-13-4-14-28-44;1-3-7-11-9(5-1)10-6-2-4-8-12(10)13-11;/h1-40H;1-8H;/q2*-1;. The zero-order valence-electron chi connectivity index (χ0n) is 39.8. The molecule has 0 aliphatic carbocycles. The Bertz CT molecular complexity index is 3600. The van der Waals surface area contributed by atoms with E-state index in [1.807, 2.05) is 12.1 Å². The molecule has 4 nitrogen and oxygen atoms in total. The average molecular weight is 1120 g/mol. The van der Waals surface area contributed by atoms with Gasteiger partial charge < -0.3 is 14.9 Å². The molecule has 73 heavy (non-hydrogen) atoms. The second kappa shape index (κ2) is 21.3. The third-order valence-corrected chi connectivity index (χ3v) is 13.3. The maximum Gasteiger partial charge on any atom is 0.129 e. The van der Waals surface area contributed by atoms with Crippen LogP contribution in [0.5, 0.6) is 0 Å². The fourth-order valence-corrected chi connectivity index (χ4v) is 9.88. The van der Waals surface area contributed by atoms with Crippen molar-refractivity contribution in [3.8, 4) is 66.8 Å². The predicted octanol–water partition coefficient (Wildman–Crippen LogP) is 17.4. The summed E-state index contributed by atoms with van der Waals surface area (Å²) in [5.74, 6) is 0.822. The van der Waals surface area contributed by atoms with Gasteiger partial charge in [0.05, 0.1) is 0 Å². The largest absolute Gasteiger partial charge is 0.657 e. The predicted molar refractivity (Wildman–Crippen MR) is 303 cm³/mol. The number of fused-ring (bicyclic) bond motifs is 3. The summed E-state index contributed by atoms with van der Waals surface area (Å²) >= 11 is 0. The van der Waals surface area contributed by atoms with Gasteiger partial charge in [0, 0.05) is 61.6 Å². The van der Waals surface area contributed by atoms with Gasteiger partial charge in [-0.1, -0.05) is 267 Å². The van der Waals surface area contributed by atoms with E-state index in [-0.39, 0.29) is 22.4 Å². The summed E-state index contributed by atoms with van der Waals surface area (Å²) in [6.45, 7) is 2.19. The molecule has 13 rings (SSSR count). The van der Waals surface area contributed by atoms with Crippen molar-refractivity contribution in [2.75, 3.05) is 9.91 Å². The van der Waals surface area contributed by atoms with Crippen LogP contribution >= 0.6 is 0 Å². The molecule has 12 aromatic rings. The maximum absolute atomic E-state index is 5.72. The van der Waals surface area contributed by atoms with E-state index in [0.717, 1.165) is 101 Å². The van der Waals surface area contributed by atoms with Crippen molar-refractivity contribution in [1.82, 2.24) is 4.98 Å². The van der Waals surface area contributed by atoms with Crippen molar-refractivity contribution < 1.29 is 22.4 Å². The number of benzene rings is 11. The average Bonchev–Trinajstić information content (AvgIpc) is 4.09. The van der Waals surface area contributed by atoms with E-state index in [1.165, 1.54) is 10.8 Å². The van der Waals surface area contributed by atoms with Crippen LogP contribution in [0.15, 0.2) is 290 Å². The van der Waals surface area contributed by atoms with Crippen LogP contribution < -0.4 is 14.9 Å². The first kappa shape index (κ1) is 46.6. The summed E-state index contributed by atoms with van der Waals surface area (Å²) < 4.78 is 0. The zero-order valence-corrected chi connectivity index (χ0v) is 42.0. The Hall–Kier alpha value is -8.77. The van der Waals surface area contributed by atoms with Crippen molar-refractivity contribution in [3.63, 3.8) is 0 Å². The maximum atomic E-state index is 5.72. The number of para-hydroxylation sites is 4. The molecule has 0 saturated heterocycles. The molecule has 1 aliphatic heterocycles. The summed E-state index contributed by atoms with van der Waals surface area (Å²) in [5, 5.41) is 10.3. The van der Waals surface area contributed by atoms with Crippen LogP contribution in [0.3, 0.4) is 0 Å². The number of anilines is 2. The molecule has 0 unspecified atom stereocenters. The second-order valence-corrected chi connectivity index (χ2v) is 17.8. The van der Waals surface area contributed by atoms with E-state index in [4.69, 9.17) is 5.10 Å². The first-order valence-corrected chi connectivity index (χ1v) is 24.4. The Labute approximate surface area is 442 Å². The molecule has 353 valence electrons. The van der Waals surface area contributed by atoms with Crippen molar-refractivity contribution in [2.45, 2.75) is 0 Å². The molecule has 1 aliphatic rings. The van der Waals surface area contributed by atoms with Gasteiger partial charge >= 0.3 is 0 Å². The monoisotopic (exact) mass is 1120 g/mol.